The molecule has 0 spiro atoms. The summed E-state index contributed by atoms with van der Waals surface area (Å²) in [4.78, 5) is 30.7. The summed E-state index contributed by atoms with van der Waals surface area (Å²) in [6.07, 6.45) is 1.55. The van der Waals surface area contributed by atoms with Gasteiger partial charge in [-0.25, -0.2) is 0 Å². The van der Waals surface area contributed by atoms with Crippen LogP contribution in [0.25, 0.3) is 0 Å². The van der Waals surface area contributed by atoms with E-state index in [2.05, 4.69) is 18.7 Å². The lowest BCUT2D eigenvalue weighted by Gasteiger charge is -2.40. The zero-order valence-electron chi connectivity index (χ0n) is 16.0. The maximum absolute atomic E-state index is 12.6. The third-order valence-electron chi connectivity index (χ3n) is 5.35. The number of amides is 2. The van der Waals surface area contributed by atoms with Crippen molar-refractivity contribution in [2.75, 3.05) is 44.7 Å². The molecule has 142 valence electrons. The summed E-state index contributed by atoms with van der Waals surface area (Å²) in [5, 5.41) is 0. The molecule has 0 radical (unpaired) electrons. The molecule has 1 atom stereocenters. The Morgan fingerprint density at radius 2 is 2.00 bits per heavy atom. The predicted octanol–water partition coefficient (Wildman–Crippen LogP) is 1.99. The van der Waals surface area contributed by atoms with Gasteiger partial charge in [0.2, 0.25) is 11.8 Å². The van der Waals surface area contributed by atoms with Crippen molar-refractivity contribution in [2.45, 2.75) is 32.7 Å². The van der Waals surface area contributed by atoms with Crippen LogP contribution in [0.15, 0.2) is 24.3 Å². The monoisotopic (exact) mass is 359 g/mol. The number of piperidine rings is 1. The van der Waals surface area contributed by atoms with Crippen molar-refractivity contribution in [2.24, 2.45) is 5.92 Å². The number of carbonyl (C=O) groups is 2. The van der Waals surface area contributed by atoms with Gasteiger partial charge in [-0.2, -0.15) is 0 Å². The van der Waals surface area contributed by atoms with Gasteiger partial charge in [0.1, 0.15) is 5.75 Å². The highest BCUT2D eigenvalue weighted by Crippen LogP contribution is 2.24. The van der Waals surface area contributed by atoms with Gasteiger partial charge in [-0.15, -0.1) is 0 Å². The molecular weight excluding hydrogens is 330 g/mol. The van der Waals surface area contributed by atoms with Crippen LogP contribution in [-0.2, 0) is 9.59 Å². The highest BCUT2D eigenvalue weighted by atomic mass is 16.5. The third-order valence-corrected chi connectivity index (χ3v) is 5.35. The van der Waals surface area contributed by atoms with E-state index >= 15 is 0 Å². The van der Waals surface area contributed by atoms with E-state index in [-0.39, 0.29) is 17.9 Å². The molecule has 6 heteroatoms. The molecule has 0 aliphatic carbocycles. The number of piperazine rings is 1. The predicted molar refractivity (Wildman–Crippen MR) is 101 cm³/mol. The molecule has 0 aromatic heterocycles. The third kappa shape index (κ3) is 4.18. The number of likely N-dealkylation sites (tertiary alicyclic amines) is 1. The molecule has 2 saturated heterocycles. The van der Waals surface area contributed by atoms with Gasteiger partial charge in [0.25, 0.3) is 0 Å². The average molecular weight is 359 g/mol. The van der Waals surface area contributed by atoms with Gasteiger partial charge in [0.05, 0.1) is 13.7 Å². The fraction of sp³-hybridized carbons (Fsp3) is 0.600. The minimum atomic E-state index is 0.122. The quantitative estimate of drug-likeness (QED) is 0.807. The van der Waals surface area contributed by atoms with E-state index in [1.807, 2.05) is 34.1 Å². The van der Waals surface area contributed by atoms with E-state index < -0.39 is 0 Å². The fourth-order valence-corrected chi connectivity index (χ4v) is 3.88. The highest BCUT2D eigenvalue weighted by molar-refractivity contribution is 5.95. The number of ether oxygens (including phenoxy) is 1. The molecule has 2 aliphatic heterocycles. The van der Waals surface area contributed by atoms with Crippen molar-refractivity contribution in [3.05, 3.63) is 24.3 Å². The Bertz CT molecular complexity index is 661. The van der Waals surface area contributed by atoms with Crippen molar-refractivity contribution < 1.29 is 14.3 Å². The first-order valence-electron chi connectivity index (χ1n) is 9.44. The van der Waals surface area contributed by atoms with Crippen LogP contribution < -0.4 is 9.64 Å². The number of rotatable bonds is 5. The Labute approximate surface area is 155 Å². The lowest BCUT2D eigenvalue weighted by molar-refractivity contribution is -0.137. The van der Waals surface area contributed by atoms with Crippen LogP contribution in [0.4, 0.5) is 5.69 Å². The number of anilines is 1. The standard InChI is InChI=1S/C20H29N3O3/c1-15(2)23-13-16(7-8-19(23)24)12-21-9-10-22(20(25)14-21)17-5-4-6-18(11-17)26-3/h4-6,11,15-16H,7-10,12-14H2,1-3H3. The number of methoxy groups -OCH3 is 1. The first-order chi connectivity index (χ1) is 12.5. The lowest BCUT2D eigenvalue weighted by Crippen LogP contribution is -2.53. The Balaban J connectivity index is 1.57. The van der Waals surface area contributed by atoms with E-state index in [1.165, 1.54) is 0 Å². The van der Waals surface area contributed by atoms with E-state index in [0.717, 1.165) is 37.5 Å². The van der Waals surface area contributed by atoms with Gasteiger partial charge >= 0.3 is 0 Å². The zero-order valence-corrected chi connectivity index (χ0v) is 16.0. The molecule has 1 unspecified atom stereocenters. The maximum atomic E-state index is 12.6. The SMILES string of the molecule is COc1cccc(N2CCN(CC3CCC(=O)N(C(C)C)C3)CC2=O)c1. The van der Waals surface area contributed by atoms with E-state index in [9.17, 15) is 9.59 Å². The molecule has 0 saturated carbocycles. The molecule has 3 rings (SSSR count). The van der Waals surface area contributed by atoms with Crippen molar-refractivity contribution in [3.8, 4) is 5.75 Å². The smallest absolute Gasteiger partial charge is 0.241 e. The molecule has 1 aromatic carbocycles. The first-order valence-corrected chi connectivity index (χ1v) is 9.44. The van der Waals surface area contributed by atoms with Crippen molar-refractivity contribution in [1.82, 2.24) is 9.80 Å². The Morgan fingerprint density at radius 1 is 1.19 bits per heavy atom. The van der Waals surface area contributed by atoms with Crippen LogP contribution in [0.2, 0.25) is 0 Å². The van der Waals surface area contributed by atoms with Crippen molar-refractivity contribution in [1.29, 1.82) is 0 Å². The second-order valence-corrected chi connectivity index (χ2v) is 7.53. The number of benzene rings is 1. The normalized spacial score (nSPS) is 22.2. The van der Waals surface area contributed by atoms with Crippen LogP contribution >= 0.6 is 0 Å². The molecule has 0 N–H and O–H groups in total. The lowest BCUT2D eigenvalue weighted by atomic mass is 9.95. The van der Waals surface area contributed by atoms with E-state index in [0.29, 0.717) is 25.4 Å². The minimum Gasteiger partial charge on any atom is -0.497 e. The first kappa shape index (κ1) is 18.7. The van der Waals surface area contributed by atoms with Gasteiger partial charge in [0, 0.05) is 50.4 Å². The summed E-state index contributed by atoms with van der Waals surface area (Å²) in [7, 11) is 1.63. The van der Waals surface area contributed by atoms with Crippen molar-refractivity contribution >= 4 is 17.5 Å². The van der Waals surface area contributed by atoms with Gasteiger partial charge in [0.15, 0.2) is 0 Å². The summed E-state index contributed by atoms with van der Waals surface area (Å²) in [5.74, 6) is 1.59. The van der Waals surface area contributed by atoms with E-state index in [1.54, 1.807) is 7.11 Å². The van der Waals surface area contributed by atoms with Crippen LogP contribution in [0.5, 0.6) is 5.75 Å². The molecule has 2 aliphatic rings. The van der Waals surface area contributed by atoms with Crippen molar-refractivity contribution in [3.63, 3.8) is 0 Å². The van der Waals surface area contributed by atoms with E-state index in [4.69, 9.17) is 4.74 Å². The molecule has 2 amide bonds. The number of nitrogens with zero attached hydrogens (tertiary/aromatic N) is 3. The Hall–Kier alpha value is -2.08. The maximum Gasteiger partial charge on any atom is 0.241 e. The van der Waals surface area contributed by atoms with Crippen LogP contribution in [0, 0.1) is 5.92 Å². The van der Waals surface area contributed by atoms with Crippen LogP contribution in [0.3, 0.4) is 0 Å². The Morgan fingerprint density at radius 3 is 2.69 bits per heavy atom. The van der Waals surface area contributed by atoms with Gasteiger partial charge < -0.3 is 14.5 Å². The summed E-state index contributed by atoms with van der Waals surface area (Å²) in [5.41, 5.74) is 0.892. The van der Waals surface area contributed by atoms with Crippen LogP contribution in [-0.4, -0.2) is 67.5 Å². The summed E-state index contributed by atoms with van der Waals surface area (Å²) in [6, 6.07) is 7.89. The summed E-state index contributed by atoms with van der Waals surface area (Å²) < 4.78 is 5.26. The highest BCUT2D eigenvalue weighted by Gasteiger charge is 2.31. The number of hydrogen-bond donors (Lipinski definition) is 0. The number of carbonyl (C=O) groups excluding carboxylic acids is 2. The second-order valence-electron chi connectivity index (χ2n) is 7.53. The fourth-order valence-electron chi connectivity index (χ4n) is 3.88. The number of hydrogen-bond acceptors (Lipinski definition) is 4. The van der Waals surface area contributed by atoms with Crippen LogP contribution in [0.1, 0.15) is 26.7 Å². The summed E-state index contributed by atoms with van der Waals surface area (Å²) >= 11 is 0. The van der Waals surface area contributed by atoms with Gasteiger partial charge in [-0.3, -0.25) is 14.5 Å². The second kappa shape index (κ2) is 8.08. The topological polar surface area (TPSA) is 53.1 Å². The molecule has 2 fully saturated rings. The summed E-state index contributed by atoms with van der Waals surface area (Å²) in [6.45, 7) is 7.80. The molecule has 1 aromatic rings. The molecule has 26 heavy (non-hydrogen) atoms. The minimum absolute atomic E-state index is 0.122. The molecule has 2 heterocycles. The Kier molecular flexibility index (Phi) is 5.81. The molecule has 0 bridgehead atoms. The molecule has 6 nitrogen and oxygen atoms in total. The zero-order chi connectivity index (χ0) is 18.7. The largest absolute Gasteiger partial charge is 0.497 e. The van der Waals surface area contributed by atoms with Gasteiger partial charge in [-0.05, 0) is 38.3 Å². The molecular formula is C20H29N3O3. The average Bonchev–Trinajstić information content (AvgIpc) is 2.63. The van der Waals surface area contributed by atoms with Gasteiger partial charge in [-0.1, -0.05) is 6.07 Å².